The zero-order valence-electron chi connectivity index (χ0n) is 15.5. The van der Waals surface area contributed by atoms with Gasteiger partial charge in [0.2, 0.25) is 0 Å². The number of likely N-dealkylation sites (tertiary alicyclic amines) is 1. The van der Waals surface area contributed by atoms with Crippen molar-refractivity contribution in [1.29, 1.82) is 0 Å². The average molecular weight is 462 g/mol. The van der Waals surface area contributed by atoms with Crippen LogP contribution in [0.5, 0.6) is 0 Å². The molecule has 2 heterocycles. The smallest absolute Gasteiger partial charge is 0.287 e. The highest BCUT2D eigenvalue weighted by Gasteiger charge is 2.19. The zero-order chi connectivity index (χ0) is 17.4. The van der Waals surface area contributed by atoms with Crippen molar-refractivity contribution in [3.05, 3.63) is 23.7 Å². The highest BCUT2D eigenvalue weighted by Crippen LogP contribution is 2.15. The van der Waals surface area contributed by atoms with Gasteiger partial charge in [-0.3, -0.25) is 9.79 Å². The van der Waals surface area contributed by atoms with Crippen molar-refractivity contribution >= 4 is 35.8 Å². The van der Waals surface area contributed by atoms with Gasteiger partial charge < -0.3 is 20.0 Å². The molecule has 6 nitrogen and oxygen atoms in total. The van der Waals surface area contributed by atoms with Crippen LogP contribution in [-0.4, -0.2) is 49.5 Å². The molecule has 2 rings (SSSR count). The van der Waals surface area contributed by atoms with Gasteiger partial charge in [-0.15, -0.1) is 24.0 Å². The Morgan fingerprint density at radius 3 is 2.88 bits per heavy atom. The van der Waals surface area contributed by atoms with Crippen LogP contribution in [0, 0.1) is 12.8 Å². The number of guanidine groups is 1. The van der Waals surface area contributed by atoms with Gasteiger partial charge in [-0.05, 0) is 45.1 Å². The molecule has 0 aromatic carbocycles. The summed E-state index contributed by atoms with van der Waals surface area (Å²) in [5.41, 5.74) is 0.860. The SMILES string of the molecule is CCNC(=NCCCNC(=O)c1occc1C)N1CCCC(C)C1.I. The molecule has 1 aromatic rings. The second-order valence-electron chi connectivity index (χ2n) is 6.47. The van der Waals surface area contributed by atoms with E-state index in [2.05, 4.69) is 29.4 Å². The van der Waals surface area contributed by atoms with Gasteiger partial charge in [0, 0.05) is 38.3 Å². The van der Waals surface area contributed by atoms with Crippen LogP contribution in [0.3, 0.4) is 0 Å². The first kappa shape index (κ1) is 21.8. The van der Waals surface area contributed by atoms with E-state index in [0.717, 1.165) is 43.5 Å². The summed E-state index contributed by atoms with van der Waals surface area (Å²) in [4.78, 5) is 19.0. The van der Waals surface area contributed by atoms with Gasteiger partial charge >= 0.3 is 0 Å². The Labute approximate surface area is 167 Å². The minimum Gasteiger partial charge on any atom is -0.459 e. The van der Waals surface area contributed by atoms with E-state index < -0.39 is 0 Å². The maximum absolute atomic E-state index is 11.9. The molecule has 0 spiro atoms. The number of hydrogen-bond acceptors (Lipinski definition) is 3. The van der Waals surface area contributed by atoms with E-state index in [1.54, 1.807) is 6.07 Å². The Bertz CT molecular complexity index is 559. The van der Waals surface area contributed by atoms with E-state index in [-0.39, 0.29) is 29.9 Å². The predicted octanol–water partition coefficient (Wildman–Crippen LogP) is 3.02. The fraction of sp³-hybridized carbons (Fsp3) is 0.667. The van der Waals surface area contributed by atoms with Crippen molar-refractivity contribution in [2.45, 2.75) is 40.0 Å². The summed E-state index contributed by atoms with van der Waals surface area (Å²) in [7, 11) is 0. The van der Waals surface area contributed by atoms with Crippen LogP contribution < -0.4 is 10.6 Å². The van der Waals surface area contributed by atoms with Crippen LogP contribution >= 0.6 is 24.0 Å². The lowest BCUT2D eigenvalue weighted by atomic mass is 10.0. The monoisotopic (exact) mass is 462 g/mol. The number of rotatable bonds is 6. The first-order chi connectivity index (χ1) is 11.6. The first-order valence-corrected chi connectivity index (χ1v) is 8.97. The molecule has 1 unspecified atom stereocenters. The summed E-state index contributed by atoms with van der Waals surface area (Å²) in [6.45, 7) is 10.6. The molecule has 1 aliphatic heterocycles. The van der Waals surface area contributed by atoms with E-state index in [1.165, 1.54) is 19.1 Å². The van der Waals surface area contributed by atoms with Gasteiger partial charge in [0.25, 0.3) is 5.91 Å². The number of aryl methyl sites for hydroxylation is 1. The highest BCUT2D eigenvalue weighted by atomic mass is 127. The first-order valence-electron chi connectivity index (χ1n) is 8.97. The third-order valence-electron chi connectivity index (χ3n) is 4.24. The van der Waals surface area contributed by atoms with Gasteiger partial charge in [0.05, 0.1) is 6.26 Å². The predicted molar refractivity (Wildman–Crippen MR) is 112 cm³/mol. The average Bonchev–Trinajstić information content (AvgIpc) is 2.99. The largest absolute Gasteiger partial charge is 0.459 e. The lowest BCUT2D eigenvalue weighted by molar-refractivity contribution is 0.0925. The van der Waals surface area contributed by atoms with Crippen LogP contribution in [-0.2, 0) is 0 Å². The highest BCUT2D eigenvalue weighted by molar-refractivity contribution is 14.0. The summed E-state index contributed by atoms with van der Waals surface area (Å²) in [5, 5.41) is 6.26. The summed E-state index contributed by atoms with van der Waals surface area (Å²) >= 11 is 0. The molecule has 0 saturated carbocycles. The number of nitrogens with zero attached hydrogens (tertiary/aromatic N) is 2. The second kappa shape index (κ2) is 11.4. The Balaban J connectivity index is 0.00000312. The number of piperidine rings is 1. The Hall–Kier alpha value is -1.25. The molecular formula is C18H31IN4O2. The van der Waals surface area contributed by atoms with Crippen LogP contribution in [0.2, 0.25) is 0 Å². The van der Waals surface area contributed by atoms with Crippen LogP contribution in [0.4, 0.5) is 0 Å². The molecule has 1 amide bonds. The summed E-state index contributed by atoms with van der Waals surface area (Å²) in [6, 6.07) is 1.79. The van der Waals surface area contributed by atoms with Crippen molar-refractivity contribution in [1.82, 2.24) is 15.5 Å². The Kier molecular flexibility index (Phi) is 9.92. The van der Waals surface area contributed by atoms with E-state index in [1.807, 2.05) is 6.92 Å². The molecule has 1 fully saturated rings. The van der Waals surface area contributed by atoms with Crippen molar-refractivity contribution in [3.8, 4) is 0 Å². The number of amides is 1. The molecule has 7 heteroatoms. The molecule has 1 aliphatic rings. The molecule has 1 saturated heterocycles. The lowest BCUT2D eigenvalue weighted by Gasteiger charge is -2.33. The topological polar surface area (TPSA) is 69.9 Å². The molecule has 25 heavy (non-hydrogen) atoms. The maximum atomic E-state index is 11.9. The van der Waals surface area contributed by atoms with Crippen molar-refractivity contribution in [2.75, 3.05) is 32.7 Å². The van der Waals surface area contributed by atoms with Crippen LogP contribution in [0.1, 0.15) is 49.2 Å². The van der Waals surface area contributed by atoms with E-state index >= 15 is 0 Å². The quantitative estimate of drug-likeness (QED) is 0.295. The fourth-order valence-electron chi connectivity index (χ4n) is 2.96. The molecular weight excluding hydrogens is 431 g/mol. The van der Waals surface area contributed by atoms with E-state index in [0.29, 0.717) is 18.8 Å². The number of furan rings is 1. The van der Waals surface area contributed by atoms with Crippen LogP contribution in [0.25, 0.3) is 0 Å². The molecule has 0 aliphatic carbocycles. The third kappa shape index (κ3) is 6.87. The van der Waals surface area contributed by atoms with Crippen molar-refractivity contribution < 1.29 is 9.21 Å². The third-order valence-corrected chi connectivity index (χ3v) is 4.24. The summed E-state index contributed by atoms with van der Waals surface area (Å²) < 4.78 is 5.19. The fourth-order valence-corrected chi connectivity index (χ4v) is 2.96. The van der Waals surface area contributed by atoms with Gasteiger partial charge in [0.15, 0.2) is 11.7 Å². The number of carbonyl (C=O) groups excluding carboxylic acids is 1. The number of halogens is 1. The molecule has 1 atom stereocenters. The number of carbonyl (C=O) groups is 1. The molecule has 142 valence electrons. The van der Waals surface area contributed by atoms with Crippen molar-refractivity contribution in [2.24, 2.45) is 10.9 Å². The molecule has 0 radical (unpaired) electrons. The number of nitrogens with one attached hydrogen (secondary N) is 2. The zero-order valence-corrected chi connectivity index (χ0v) is 17.8. The van der Waals surface area contributed by atoms with Crippen LogP contribution in [0.15, 0.2) is 21.7 Å². The van der Waals surface area contributed by atoms with Gasteiger partial charge in [-0.2, -0.15) is 0 Å². The molecule has 0 bridgehead atoms. The van der Waals surface area contributed by atoms with Crippen molar-refractivity contribution in [3.63, 3.8) is 0 Å². The number of hydrogen-bond donors (Lipinski definition) is 2. The van der Waals surface area contributed by atoms with E-state index in [9.17, 15) is 4.79 Å². The lowest BCUT2D eigenvalue weighted by Crippen LogP contribution is -2.46. The minimum absolute atomic E-state index is 0. The molecule has 1 aromatic heterocycles. The standard InChI is InChI=1S/C18H30N4O2.HI/c1-4-19-18(22-11-5-7-14(2)13-22)21-10-6-9-20-17(23)16-15(3)8-12-24-16;/h8,12,14H,4-7,9-11,13H2,1-3H3,(H,19,21)(H,20,23);1H. The summed E-state index contributed by atoms with van der Waals surface area (Å²) in [5.74, 6) is 1.96. The summed E-state index contributed by atoms with van der Waals surface area (Å²) in [6.07, 6.45) is 4.87. The minimum atomic E-state index is -0.154. The maximum Gasteiger partial charge on any atom is 0.287 e. The Morgan fingerprint density at radius 2 is 2.24 bits per heavy atom. The van der Waals surface area contributed by atoms with E-state index in [4.69, 9.17) is 9.41 Å². The molecule has 2 N–H and O–H groups in total. The Morgan fingerprint density at radius 1 is 1.44 bits per heavy atom. The number of aliphatic imine (C=N–C) groups is 1. The second-order valence-corrected chi connectivity index (χ2v) is 6.47. The normalized spacial score (nSPS) is 17.8. The van der Waals surface area contributed by atoms with Gasteiger partial charge in [0.1, 0.15) is 0 Å². The van der Waals surface area contributed by atoms with Gasteiger partial charge in [-0.1, -0.05) is 6.92 Å². The van der Waals surface area contributed by atoms with Gasteiger partial charge in [-0.25, -0.2) is 0 Å².